The SMILES string of the molecule is CCc1ccncc1-c1ccc(CNC(=O)OC(C)(C)C)s1. The zero-order chi connectivity index (χ0) is 16.2. The van der Waals surface area contributed by atoms with Gasteiger partial charge in [-0.1, -0.05) is 6.92 Å². The highest BCUT2D eigenvalue weighted by Gasteiger charge is 2.16. The molecule has 1 N–H and O–H groups in total. The maximum Gasteiger partial charge on any atom is 0.407 e. The predicted molar refractivity (Wildman–Crippen MR) is 90.0 cm³/mol. The van der Waals surface area contributed by atoms with Crippen LogP contribution in [0.25, 0.3) is 10.4 Å². The largest absolute Gasteiger partial charge is 0.444 e. The van der Waals surface area contributed by atoms with Gasteiger partial charge < -0.3 is 10.1 Å². The number of amides is 1. The number of aryl methyl sites for hydroxylation is 1. The zero-order valence-corrected chi connectivity index (χ0v) is 14.3. The number of pyridine rings is 1. The Morgan fingerprint density at radius 2 is 2.09 bits per heavy atom. The molecule has 0 saturated heterocycles. The molecule has 0 aliphatic carbocycles. The van der Waals surface area contributed by atoms with E-state index in [2.05, 4.69) is 23.3 Å². The maximum absolute atomic E-state index is 11.7. The van der Waals surface area contributed by atoms with E-state index in [4.69, 9.17) is 4.74 Å². The standard InChI is InChI=1S/C17H22N2O2S/c1-5-12-8-9-18-11-14(12)15-7-6-13(22-15)10-19-16(20)21-17(2,3)4/h6-9,11H,5,10H2,1-4H3,(H,19,20). The summed E-state index contributed by atoms with van der Waals surface area (Å²) in [5.74, 6) is 0. The van der Waals surface area contributed by atoms with Crippen LogP contribution >= 0.6 is 11.3 Å². The van der Waals surface area contributed by atoms with E-state index in [9.17, 15) is 4.79 Å². The first kappa shape index (κ1) is 16.5. The molecule has 0 aromatic carbocycles. The zero-order valence-electron chi connectivity index (χ0n) is 13.5. The highest BCUT2D eigenvalue weighted by molar-refractivity contribution is 7.15. The molecule has 2 rings (SSSR count). The summed E-state index contributed by atoms with van der Waals surface area (Å²) in [5.41, 5.74) is 1.97. The summed E-state index contributed by atoms with van der Waals surface area (Å²) < 4.78 is 5.23. The van der Waals surface area contributed by atoms with Crippen LogP contribution in [0.2, 0.25) is 0 Å². The predicted octanol–water partition coefficient (Wildman–Crippen LogP) is 4.40. The van der Waals surface area contributed by atoms with Crippen LogP contribution in [0, 0.1) is 0 Å². The molecule has 0 aliphatic rings. The molecule has 0 bridgehead atoms. The molecule has 4 nitrogen and oxygen atoms in total. The second-order valence-electron chi connectivity index (χ2n) is 6.01. The Balaban J connectivity index is 2.02. The van der Waals surface area contributed by atoms with Crippen molar-refractivity contribution in [2.75, 3.05) is 0 Å². The van der Waals surface area contributed by atoms with Crippen molar-refractivity contribution in [1.29, 1.82) is 0 Å². The van der Waals surface area contributed by atoms with Gasteiger partial charge in [0.2, 0.25) is 0 Å². The molecule has 22 heavy (non-hydrogen) atoms. The van der Waals surface area contributed by atoms with Crippen LogP contribution in [0.3, 0.4) is 0 Å². The van der Waals surface area contributed by atoms with E-state index in [1.54, 1.807) is 11.3 Å². The van der Waals surface area contributed by atoms with Crippen LogP contribution in [0.1, 0.15) is 38.1 Å². The lowest BCUT2D eigenvalue weighted by Crippen LogP contribution is -2.31. The summed E-state index contributed by atoms with van der Waals surface area (Å²) in [5, 5.41) is 2.78. The molecule has 0 aliphatic heterocycles. The van der Waals surface area contributed by atoms with Gasteiger partial charge in [-0.15, -0.1) is 11.3 Å². The highest BCUT2D eigenvalue weighted by Crippen LogP contribution is 2.30. The van der Waals surface area contributed by atoms with Crippen LogP contribution in [-0.2, 0) is 17.7 Å². The van der Waals surface area contributed by atoms with E-state index in [-0.39, 0.29) is 0 Å². The van der Waals surface area contributed by atoms with Gasteiger partial charge in [-0.05, 0) is 51.0 Å². The van der Waals surface area contributed by atoms with Gasteiger partial charge in [-0.3, -0.25) is 4.98 Å². The smallest absolute Gasteiger partial charge is 0.407 e. The number of hydrogen-bond donors (Lipinski definition) is 1. The van der Waals surface area contributed by atoms with Crippen molar-refractivity contribution in [2.24, 2.45) is 0 Å². The van der Waals surface area contributed by atoms with E-state index in [0.717, 1.165) is 11.3 Å². The third-order valence-electron chi connectivity index (χ3n) is 3.03. The first-order chi connectivity index (χ1) is 10.4. The summed E-state index contributed by atoms with van der Waals surface area (Å²) >= 11 is 1.67. The molecule has 5 heteroatoms. The first-order valence-corrected chi connectivity index (χ1v) is 8.19. The average molecular weight is 318 g/mol. The normalized spacial score (nSPS) is 11.3. The summed E-state index contributed by atoms with van der Waals surface area (Å²) in [6.45, 7) is 8.16. The number of rotatable bonds is 4. The number of alkyl carbamates (subject to hydrolysis) is 1. The monoisotopic (exact) mass is 318 g/mol. The van der Waals surface area contributed by atoms with Gasteiger partial charge in [-0.25, -0.2) is 4.79 Å². The van der Waals surface area contributed by atoms with Crippen molar-refractivity contribution >= 4 is 17.4 Å². The number of carbonyl (C=O) groups excluding carboxylic acids is 1. The molecule has 1 amide bonds. The molecule has 118 valence electrons. The van der Waals surface area contributed by atoms with Gasteiger partial charge in [0, 0.05) is 27.7 Å². The molecule has 0 atom stereocenters. The minimum Gasteiger partial charge on any atom is -0.444 e. The Hall–Kier alpha value is -1.88. The van der Waals surface area contributed by atoms with E-state index in [1.807, 2.05) is 45.3 Å². The number of aromatic nitrogens is 1. The van der Waals surface area contributed by atoms with E-state index in [0.29, 0.717) is 6.54 Å². The fourth-order valence-electron chi connectivity index (χ4n) is 2.04. The Kier molecular flexibility index (Phi) is 5.19. The van der Waals surface area contributed by atoms with E-state index >= 15 is 0 Å². The molecule has 0 radical (unpaired) electrons. The van der Waals surface area contributed by atoms with Crippen molar-refractivity contribution in [3.63, 3.8) is 0 Å². The van der Waals surface area contributed by atoms with Gasteiger partial charge in [0.1, 0.15) is 5.60 Å². The van der Waals surface area contributed by atoms with Crippen LogP contribution in [0.4, 0.5) is 4.79 Å². The Bertz CT molecular complexity index is 644. The summed E-state index contributed by atoms with van der Waals surface area (Å²) in [4.78, 5) is 18.1. The molecule has 0 spiro atoms. The summed E-state index contributed by atoms with van der Waals surface area (Å²) in [7, 11) is 0. The van der Waals surface area contributed by atoms with Gasteiger partial charge in [0.15, 0.2) is 0 Å². The van der Waals surface area contributed by atoms with E-state index in [1.165, 1.54) is 16.0 Å². The quantitative estimate of drug-likeness (QED) is 0.909. The van der Waals surface area contributed by atoms with Crippen LogP contribution in [0.15, 0.2) is 30.6 Å². The Morgan fingerprint density at radius 3 is 2.77 bits per heavy atom. The lowest BCUT2D eigenvalue weighted by atomic mass is 10.1. The molecule has 0 fully saturated rings. The molecular weight excluding hydrogens is 296 g/mol. The summed E-state index contributed by atoms with van der Waals surface area (Å²) in [6, 6.07) is 6.16. The third kappa shape index (κ3) is 4.56. The molecule has 2 aromatic heterocycles. The number of carbonyl (C=O) groups is 1. The first-order valence-electron chi connectivity index (χ1n) is 7.38. The number of ether oxygens (including phenoxy) is 1. The number of thiophene rings is 1. The molecule has 0 unspecified atom stereocenters. The van der Waals surface area contributed by atoms with Gasteiger partial charge in [0.05, 0.1) is 6.54 Å². The molecule has 0 saturated carbocycles. The molecule has 2 aromatic rings. The fourth-order valence-corrected chi connectivity index (χ4v) is 3.04. The fraction of sp³-hybridized carbons (Fsp3) is 0.412. The van der Waals surface area contributed by atoms with Gasteiger partial charge in [0.25, 0.3) is 0 Å². The minimum absolute atomic E-state index is 0.391. The number of nitrogens with one attached hydrogen (secondary N) is 1. The maximum atomic E-state index is 11.7. The van der Waals surface area contributed by atoms with Crippen LogP contribution in [0.5, 0.6) is 0 Å². The van der Waals surface area contributed by atoms with Crippen molar-refractivity contribution in [1.82, 2.24) is 10.3 Å². The number of nitrogens with zero attached hydrogens (tertiary/aromatic N) is 1. The second kappa shape index (κ2) is 6.92. The Labute approximate surface area is 135 Å². The molecule has 2 heterocycles. The summed E-state index contributed by atoms with van der Waals surface area (Å²) in [6.07, 6.45) is 4.30. The van der Waals surface area contributed by atoms with Gasteiger partial charge >= 0.3 is 6.09 Å². The Morgan fingerprint density at radius 1 is 1.32 bits per heavy atom. The second-order valence-corrected chi connectivity index (χ2v) is 7.18. The van der Waals surface area contributed by atoms with Crippen LogP contribution in [-0.4, -0.2) is 16.7 Å². The van der Waals surface area contributed by atoms with Crippen molar-refractivity contribution < 1.29 is 9.53 Å². The lowest BCUT2D eigenvalue weighted by molar-refractivity contribution is 0.0524. The topological polar surface area (TPSA) is 51.2 Å². The van der Waals surface area contributed by atoms with Crippen molar-refractivity contribution in [3.8, 4) is 10.4 Å². The molecular formula is C17H22N2O2S. The average Bonchev–Trinajstić information content (AvgIpc) is 2.92. The number of hydrogen-bond acceptors (Lipinski definition) is 4. The van der Waals surface area contributed by atoms with Crippen molar-refractivity contribution in [2.45, 2.75) is 46.3 Å². The van der Waals surface area contributed by atoms with Crippen molar-refractivity contribution in [3.05, 3.63) is 41.0 Å². The lowest BCUT2D eigenvalue weighted by Gasteiger charge is -2.19. The van der Waals surface area contributed by atoms with Crippen LogP contribution < -0.4 is 5.32 Å². The highest BCUT2D eigenvalue weighted by atomic mass is 32.1. The van der Waals surface area contributed by atoms with Gasteiger partial charge in [-0.2, -0.15) is 0 Å². The van der Waals surface area contributed by atoms with E-state index < -0.39 is 11.7 Å². The third-order valence-corrected chi connectivity index (χ3v) is 4.14. The minimum atomic E-state index is -0.476.